The van der Waals surface area contributed by atoms with Crippen LogP contribution in [-0.2, 0) is 5.41 Å². The molecule has 2 nitrogen and oxygen atoms in total. The number of hydrogen-bond acceptors (Lipinski definition) is 2. The second-order valence-corrected chi connectivity index (χ2v) is 6.38. The van der Waals surface area contributed by atoms with E-state index >= 15 is 0 Å². The average Bonchev–Trinajstić information content (AvgIpc) is 3.11. The number of nitrogens with one attached hydrogen (secondary N) is 2. The Morgan fingerprint density at radius 2 is 1.78 bits per heavy atom. The third kappa shape index (κ3) is 3.33. The Hall–Kier alpha value is -0.860. The van der Waals surface area contributed by atoms with E-state index in [-0.39, 0.29) is 5.41 Å². The molecule has 0 heterocycles. The molecule has 0 radical (unpaired) electrons. The molecule has 0 spiro atoms. The second kappa shape index (κ2) is 5.41. The van der Waals surface area contributed by atoms with Crippen LogP contribution in [0.25, 0.3) is 0 Å². The lowest BCUT2D eigenvalue weighted by Crippen LogP contribution is -2.38. The summed E-state index contributed by atoms with van der Waals surface area (Å²) >= 11 is 0. The van der Waals surface area contributed by atoms with Crippen molar-refractivity contribution in [2.24, 2.45) is 5.41 Å². The summed E-state index contributed by atoms with van der Waals surface area (Å²) in [6.45, 7) is 7.96. The molecular weight excluding hydrogens is 220 g/mol. The van der Waals surface area contributed by atoms with Crippen LogP contribution in [0.4, 0.5) is 0 Å². The highest BCUT2D eigenvalue weighted by atomic mass is 14.9. The van der Waals surface area contributed by atoms with Crippen molar-refractivity contribution in [3.8, 4) is 0 Å². The van der Waals surface area contributed by atoms with Crippen LogP contribution in [0.2, 0.25) is 0 Å². The summed E-state index contributed by atoms with van der Waals surface area (Å²) in [7, 11) is 2.05. The normalized spacial score (nSPS) is 17.7. The molecule has 0 unspecified atom stereocenters. The van der Waals surface area contributed by atoms with Gasteiger partial charge in [-0.3, -0.25) is 0 Å². The van der Waals surface area contributed by atoms with Crippen molar-refractivity contribution in [3.05, 3.63) is 35.9 Å². The molecule has 2 rings (SSSR count). The Balaban J connectivity index is 1.83. The fourth-order valence-corrected chi connectivity index (χ4v) is 2.60. The van der Waals surface area contributed by atoms with Crippen LogP contribution in [0.3, 0.4) is 0 Å². The summed E-state index contributed by atoms with van der Waals surface area (Å²) in [6, 6.07) is 10.8. The Labute approximate surface area is 111 Å². The minimum absolute atomic E-state index is 0.205. The smallest absolute Gasteiger partial charge is 0.00434 e. The van der Waals surface area contributed by atoms with E-state index in [4.69, 9.17) is 0 Å². The van der Waals surface area contributed by atoms with E-state index in [0.29, 0.717) is 5.41 Å². The van der Waals surface area contributed by atoms with Gasteiger partial charge in [-0.2, -0.15) is 0 Å². The SMILES string of the molecule is CNCC1(CNCC(C)(C)c2ccccc2)CC1. The van der Waals surface area contributed by atoms with E-state index in [1.54, 1.807) is 0 Å². The molecule has 2 heteroatoms. The molecule has 0 aromatic heterocycles. The van der Waals surface area contributed by atoms with Crippen LogP contribution in [0.5, 0.6) is 0 Å². The minimum atomic E-state index is 0.205. The Morgan fingerprint density at radius 3 is 2.33 bits per heavy atom. The largest absolute Gasteiger partial charge is 0.319 e. The fourth-order valence-electron chi connectivity index (χ4n) is 2.60. The molecule has 1 aromatic rings. The van der Waals surface area contributed by atoms with E-state index in [2.05, 4.69) is 54.8 Å². The predicted molar refractivity (Wildman–Crippen MR) is 77.9 cm³/mol. The molecule has 0 aliphatic heterocycles. The zero-order chi connectivity index (χ0) is 13.1. The summed E-state index contributed by atoms with van der Waals surface area (Å²) in [6.07, 6.45) is 2.74. The van der Waals surface area contributed by atoms with Gasteiger partial charge in [0.05, 0.1) is 0 Å². The highest BCUT2D eigenvalue weighted by molar-refractivity contribution is 5.23. The first-order chi connectivity index (χ1) is 8.58. The molecule has 0 bridgehead atoms. The van der Waals surface area contributed by atoms with Gasteiger partial charge >= 0.3 is 0 Å². The lowest BCUT2D eigenvalue weighted by molar-refractivity contribution is 0.396. The lowest BCUT2D eigenvalue weighted by Gasteiger charge is -2.27. The Kier molecular flexibility index (Phi) is 4.08. The Bertz CT molecular complexity index is 366. The monoisotopic (exact) mass is 246 g/mol. The van der Waals surface area contributed by atoms with Gasteiger partial charge < -0.3 is 10.6 Å². The van der Waals surface area contributed by atoms with Crippen LogP contribution in [0.1, 0.15) is 32.3 Å². The van der Waals surface area contributed by atoms with Crippen LogP contribution < -0.4 is 10.6 Å². The highest BCUT2D eigenvalue weighted by Crippen LogP contribution is 2.44. The van der Waals surface area contributed by atoms with Gasteiger partial charge in [-0.1, -0.05) is 44.2 Å². The van der Waals surface area contributed by atoms with Crippen molar-refractivity contribution in [3.63, 3.8) is 0 Å². The van der Waals surface area contributed by atoms with Crippen molar-refractivity contribution in [2.75, 3.05) is 26.7 Å². The first kappa shape index (κ1) is 13.6. The van der Waals surface area contributed by atoms with E-state index in [0.717, 1.165) is 19.6 Å². The van der Waals surface area contributed by atoms with Gasteiger partial charge in [0.1, 0.15) is 0 Å². The molecule has 18 heavy (non-hydrogen) atoms. The maximum atomic E-state index is 3.67. The molecule has 1 aliphatic carbocycles. The summed E-state index contributed by atoms with van der Waals surface area (Å²) in [5, 5.41) is 6.98. The van der Waals surface area contributed by atoms with Crippen LogP contribution in [-0.4, -0.2) is 26.7 Å². The van der Waals surface area contributed by atoms with E-state index in [1.165, 1.54) is 18.4 Å². The Morgan fingerprint density at radius 1 is 1.11 bits per heavy atom. The quantitative estimate of drug-likeness (QED) is 0.772. The van der Waals surface area contributed by atoms with Gasteiger partial charge in [-0.15, -0.1) is 0 Å². The van der Waals surface area contributed by atoms with E-state index in [1.807, 2.05) is 7.05 Å². The summed E-state index contributed by atoms with van der Waals surface area (Å²) in [5.74, 6) is 0. The molecule has 100 valence electrons. The highest BCUT2D eigenvalue weighted by Gasteiger charge is 2.41. The maximum absolute atomic E-state index is 3.67. The molecule has 2 N–H and O–H groups in total. The summed E-state index contributed by atoms with van der Waals surface area (Å²) in [5.41, 5.74) is 2.16. The second-order valence-electron chi connectivity index (χ2n) is 6.38. The van der Waals surface area contributed by atoms with Gasteiger partial charge in [0.25, 0.3) is 0 Å². The summed E-state index contributed by atoms with van der Waals surface area (Å²) in [4.78, 5) is 0. The lowest BCUT2D eigenvalue weighted by atomic mass is 9.84. The van der Waals surface area contributed by atoms with Gasteiger partial charge in [-0.25, -0.2) is 0 Å². The van der Waals surface area contributed by atoms with Crippen molar-refractivity contribution < 1.29 is 0 Å². The first-order valence-corrected chi connectivity index (χ1v) is 6.99. The first-order valence-electron chi connectivity index (χ1n) is 6.99. The summed E-state index contributed by atoms with van der Waals surface area (Å²) < 4.78 is 0. The average molecular weight is 246 g/mol. The molecule has 0 saturated heterocycles. The van der Waals surface area contributed by atoms with Crippen molar-refractivity contribution in [1.29, 1.82) is 0 Å². The maximum Gasteiger partial charge on any atom is 0.00434 e. The zero-order valence-electron chi connectivity index (χ0n) is 11.9. The van der Waals surface area contributed by atoms with Crippen molar-refractivity contribution >= 4 is 0 Å². The molecule has 1 aliphatic rings. The van der Waals surface area contributed by atoms with Crippen LogP contribution in [0, 0.1) is 5.41 Å². The van der Waals surface area contributed by atoms with E-state index < -0.39 is 0 Å². The van der Waals surface area contributed by atoms with Crippen molar-refractivity contribution in [1.82, 2.24) is 10.6 Å². The number of rotatable bonds is 7. The standard InChI is InChI=1S/C16H26N2/c1-15(2,14-7-5-4-6-8-14)11-18-13-16(9-10-16)12-17-3/h4-8,17-18H,9-13H2,1-3H3. The van der Waals surface area contributed by atoms with Gasteiger partial charge in [0, 0.05) is 25.0 Å². The van der Waals surface area contributed by atoms with E-state index in [9.17, 15) is 0 Å². The van der Waals surface area contributed by atoms with Gasteiger partial charge in [0.2, 0.25) is 0 Å². The van der Waals surface area contributed by atoms with Gasteiger partial charge in [0.15, 0.2) is 0 Å². The minimum Gasteiger partial charge on any atom is -0.319 e. The molecule has 0 atom stereocenters. The van der Waals surface area contributed by atoms with Gasteiger partial charge in [-0.05, 0) is 30.9 Å². The third-order valence-corrected chi connectivity index (χ3v) is 4.13. The number of hydrogen-bond donors (Lipinski definition) is 2. The fraction of sp³-hybridized carbons (Fsp3) is 0.625. The number of benzene rings is 1. The molecule has 0 amide bonds. The topological polar surface area (TPSA) is 24.1 Å². The molecule has 1 aromatic carbocycles. The molecular formula is C16H26N2. The van der Waals surface area contributed by atoms with Crippen molar-refractivity contribution in [2.45, 2.75) is 32.1 Å². The third-order valence-electron chi connectivity index (χ3n) is 4.13. The van der Waals surface area contributed by atoms with Crippen LogP contribution in [0.15, 0.2) is 30.3 Å². The predicted octanol–water partition coefficient (Wildman–Crippen LogP) is 2.55. The van der Waals surface area contributed by atoms with Crippen LogP contribution >= 0.6 is 0 Å². The molecule has 1 saturated carbocycles. The zero-order valence-corrected chi connectivity index (χ0v) is 11.9. The molecule has 1 fully saturated rings.